The second-order valence-corrected chi connectivity index (χ2v) is 12.7. The third kappa shape index (κ3) is 9.53. The molecule has 1 atom stereocenters. The predicted octanol–water partition coefficient (Wildman–Crippen LogP) is 4.31. The monoisotopic (exact) mass is 616 g/mol. The summed E-state index contributed by atoms with van der Waals surface area (Å²) in [5.74, 6) is -2.12. The van der Waals surface area contributed by atoms with Crippen LogP contribution in [-0.4, -0.2) is 51.7 Å². The van der Waals surface area contributed by atoms with E-state index in [1.54, 1.807) is 27.7 Å². The Morgan fingerprint density at radius 1 is 0.943 bits per heavy atom. The van der Waals surface area contributed by atoms with Gasteiger partial charge in [-0.05, 0) is 59.7 Å². The van der Waals surface area contributed by atoms with E-state index >= 15 is 0 Å². The second-order valence-electron chi connectivity index (χ2n) is 9.40. The lowest BCUT2D eigenvalue weighted by molar-refractivity contribution is -0.154. The molecule has 192 valence electrons. The van der Waals surface area contributed by atoms with Crippen LogP contribution in [0.15, 0.2) is 54.6 Å². The maximum atomic E-state index is 13.3. The second kappa shape index (κ2) is 12.8. The Bertz CT molecular complexity index is 1100. The summed E-state index contributed by atoms with van der Waals surface area (Å²) < 4.78 is 42.2. The molecule has 0 saturated heterocycles. The summed E-state index contributed by atoms with van der Waals surface area (Å²) in [5.41, 5.74) is -0.267. The first-order valence-electron chi connectivity index (χ1n) is 11.3. The highest BCUT2D eigenvalue weighted by atomic mass is 127. The van der Waals surface area contributed by atoms with Crippen molar-refractivity contribution < 1.29 is 32.2 Å². The number of halogens is 1. The molecule has 2 aromatic rings. The molecule has 0 aliphatic rings. The Kier molecular flexibility index (Phi) is 10.7. The molecule has 0 heterocycles. The molecule has 2 aromatic carbocycles. The Labute approximate surface area is 221 Å². The van der Waals surface area contributed by atoms with E-state index in [0.29, 0.717) is 0 Å². The van der Waals surface area contributed by atoms with Gasteiger partial charge in [0.2, 0.25) is 0 Å². The van der Waals surface area contributed by atoms with Crippen LogP contribution >= 0.6 is 22.6 Å². The van der Waals surface area contributed by atoms with Crippen LogP contribution in [0.4, 0.5) is 0 Å². The molecule has 0 aromatic heterocycles. The molecule has 0 fully saturated rings. The van der Waals surface area contributed by atoms with Gasteiger partial charge in [0.1, 0.15) is 17.8 Å². The van der Waals surface area contributed by atoms with E-state index in [4.69, 9.17) is 14.2 Å². The van der Waals surface area contributed by atoms with Crippen LogP contribution < -0.4 is 0 Å². The number of benzene rings is 2. The summed E-state index contributed by atoms with van der Waals surface area (Å²) >= 11 is 2.18. The lowest BCUT2D eigenvalue weighted by Crippen LogP contribution is -2.41. The Balaban J connectivity index is 2.10. The normalized spacial score (nSPS) is 13.6. The minimum Gasteiger partial charge on any atom is -0.465 e. The van der Waals surface area contributed by atoms with Crippen LogP contribution in [0, 0.1) is 8.99 Å². The lowest BCUT2D eigenvalue weighted by atomic mass is 9.83. The van der Waals surface area contributed by atoms with Crippen molar-refractivity contribution in [1.82, 2.24) is 0 Å². The molecule has 0 bridgehead atoms. The molecule has 0 spiro atoms. The zero-order chi connectivity index (χ0) is 26.1. The number of ether oxygens (including phenoxy) is 3. The van der Waals surface area contributed by atoms with Crippen LogP contribution in [0.3, 0.4) is 0 Å². The van der Waals surface area contributed by atoms with E-state index in [-0.39, 0.29) is 32.2 Å². The number of carbonyl (C=O) groups is 2. The van der Waals surface area contributed by atoms with Gasteiger partial charge in [-0.2, -0.15) is 0 Å². The average molecular weight is 617 g/mol. The van der Waals surface area contributed by atoms with Crippen molar-refractivity contribution in [2.45, 2.75) is 39.7 Å². The van der Waals surface area contributed by atoms with Gasteiger partial charge >= 0.3 is 11.9 Å². The van der Waals surface area contributed by atoms with Gasteiger partial charge in [-0.15, -0.1) is 0 Å². The van der Waals surface area contributed by atoms with E-state index in [1.807, 2.05) is 54.6 Å². The van der Waals surface area contributed by atoms with Crippen LogP contribution in [-0.2, 0) is 45.7 Å². The summed E-state index contributed by atoms with van der Waals surface area (Å²) in [6.45, 7) is 7.20. The van der Waals surface area contributed by atoms with Crippen LogP contribution in [0.1, 0.15) is 38.8 Å². The number of carbonyl (C=O) groups excluding carboxylic acids is 2. The number of hydrogen-bond donors (Lipinski definition) is 0. The van der Waals surface area contributed by atoms with Crippen LogP contribution in [0.2, 0.25) is 0 Å². The molecule has 0 aliphatic carbocycles. The topological polar surface area (TPSA) is 96.0 Å². The van der Waals surface area contributed by atoms with Crippen molar-refractivity contribution in [3.05, 3.63) is 69.3 Å². The molecule has 0 saturated carbocycles. The molecule has 35 heavy (non-hydrogen) atoms. The van der Waals surface area contributed by atoms with E-state index in [2.05, 4.69) is 22.6 Å². The van der Waals surface area contributed by atoms with Gasteiger partial charge < -0.3 is 14.2 Å². The van der Waals surface area contributed by atoms with Crippen molar-refractivity contribution >= 4 is 44.4 Å². The molecule has 2 rings (SSSR count). The molecule has 0 aliphatic heterocycles. The van der Waals surface area contributed by atoms with Gasteiger partial charge in [-0.25, -0.2) is 8.42 Å². The smallest absolute Gasteiger partial charge is 0.321 e. The standard InChI is InChI=1S/C26H33IO7S/c1-5-33-23(28)16-35(30,31)19-25(2,3)17-32-18-26(4,21-12-9-13-22(27)14-21)24(29)34-15-20-10-7-6-8-11-20/h6-14H,5,15-19H2,1-4H3. The number of esters is 2. The summed E-state index contributed by atoms with van der Waals surface area (Å²) in [5, 5.41) is 0. The maximum Gasteiger partial charge on any atom is 0.321 e. The van der Waals surface area contributed by atoms with Crippen molar-refractivity contribution in [2.75, 3.05) is 31.3 Å². The fourth-order valence-corrected chi connectivity index (χ4v) is 5.94. The fraction of sp³-hybridized carbons (Fsp3) is 0.462. The van der Waals surface area contributed by atoms with Gasteiger partial charge in [0.25, 0.3) is 0 Å². The summed E-state index contributed by atoms with van der Waals surface area (Å²) in [6.07, 6.45) is 0. The minimum atomic E-state index is -3.69. The van der Waals surface area contributed by atoms with E-state index in [0.717, 1.165) is 14.7 Å². The average Bonchev–Trinajstić information content (AvgIpc) is 2.76. The van der Waals surface area contributed by atoms with Gasteiger partial charge in [0, 0.05) is 8.99 Å². The molecular weight excluding hydrogens is 583 g/mol. The largest absolute Gasteiger partial charge is 0.465 e. The number of sulfone groups is 1. The number of hydrogen-bond acceptors (Lipinski definition) is 7. The van der Waals surface area contributed by atoms with Crippen LogP contribution in [0.5, 0.6) is 0 Å². The van der Waals surface area contributed by atoms with Gasteiger partial charge in [0.05, 0.1) is 25.6 Å². The van der Waals surface area contributed by atoms with E-state index < -0.39 is 38.4 Å². The molecule has 0 radical (unpaired) electrons. The minimum absolute atomic E-state index is 0.00205. The Hall–Kier alpha value is -1.98. The van der Waals surface area contributed by atoms with Crippen molar-refractivity contribution in [2.24, 2.45) is 5.41 Å². The van der Waals surface area contributed by atoms with Crippen molar-refractivity contribution in [3.8, 4) is 0 Å². The predicted molar refractivity (Wildman–Crippen MR) is 143 cm³/mol. The molecule has 0 N–H and O–H groups in total. The first kappa shape index (κ1) is 29.3. The summed E-state index contributed by atoms with van der Waals surface area (Å²) in [7, 11) is -3.69. The Morgan fingerprint density at radius 2 is 1.63 bits per heavy atom. The highest BCUT2D eigenvalue weighted by Gasteiger charge is 2.39. The van der Waals surface area contributed by atoms with Crippen molar-refractivity contribution in [3.63, 3.8) is 0 Å². The van der Waals surface area contributed by atoms with Gasteiger partial charge in [0.15, 0.2) is 9.84 Å². The first-order chi connectivity index (χ1) is 16.4. The third-order valence-corrected chi connectivity index (χ3v) is 7.83. The van der Waals surface area contributed by atoms with E-state index in [9.17, 15) is 18.0 Å². The van der Waals surface area contributed by atoms with Gasteiger partial charge in [-0.1, -0.05) is 56.3 Å². The molecule has 9 heteroatoms. The van der Waals surface area contributed by atoms with Crippen molar-refractivity contribution in [1.29, 1.82) is 0 Å². The van der Waals surface area contributed by atoms with Gasteiger partial charge in [-0.3, -0.25) is 9.59 Å². The fourth-order valence-electron chi connectivity index (χ4n) is 3.58. The highest BCUT2D eigenvalue weighted by molar-refractivity contribution is 14.1. The Morgan fingerprint density at radius 3 is 2.26 bits per heavy atom. The van der Waals surface area contributed by atoms with Crippen LogP contribution in [0.25, 0.3) is 0 Å². The highest BCUT2D eigenvalue weighted by Crippen LogP contribution is 2.29. The third-order valence-electron chi connectivity index (χ3n) is 5.26. The first-order valence-corrected chi connectivity index (χ1v) is 14.2. The lowest BCUT2D eigenvalue weighted by Gasteiger charge is -2.30. The van der Waals surface area contributed by atoms with E-state index in [1.165, 1.54) is 0 Å². The SMILES string of the molecule is CCOC(=O)CS(=O)(=O)CC(C)(C)COCC(C)(C(=O)OCc1ccccc1)c1cccc(I)c1. The molecule has 0 amide bonds. The zero-order valence-electron chi connectivity index (χ0n) is 20.6. The maximum absolute atomic E-state index is 13.3. The summed E-state index contributed by atoms with van der Waals surface area (Å²) in [6, 6.07) is 17.0. The zero-order valence-corrected chi connectivity index (χ0v) is 23.6. The molecular formula is C26H33IO7S. The quantitative estimate of drug-likeness (QED) is 0.245. The number of rotatable bonds is 13. The molecule has 1 unspecified atom stereocenters. The molecule has 7 nitrogen and oxygen atoms in total. The summed E-state index contributed by atoms with van der Waals surface area (Å²) in [4.78, 5) is 24.9.